The Morgan fingerprint density at radius 3 is 2.12 bits per heavy atom. The Bertz CT molecular complexity index is 370. The summed E-state index contributed by atoms with van der Waals surface area (Å²) < 4.78 is 5.80. The maximum Gasteiger partial charge on any atom is 0.0872 e. The molecule has 1 unspecified atom stereocenters. The molecule has 0 spiro atoms. The fourth-order valence-electron chi connectivity index (χ4n) is 3.05. The number of likely N-dealkylation sites (N-methyl/N-ethyl adjacent to an activating group) is 1. The van der Waals surface area contributed by atoms with Gasteiger partial charge in [-0.05, 0) is 45.7 Å². The Balaban J connectivity index is 2.34. The van der Waals surface area contributed by atoms with Crippen molar-refractivity contribution < 1.29 is 4.74 Å². The van der Waals surface area contributed by atoms with Gasteiger partial charge in [-0.2, -0.15) is 0 Å². The lowest BCUT2D eigenvalue weighted by Gasteiger charge is -2.46. The van der Waals surface area contributed by atoms with Crippen LogP contribution in [-0.2, 0) is 4.74 Å². The molecule has 1 aliphatic rings. The van der Waals surface area contributed by atoms with Crippen molar-refractivity contribution in [3.8, 4) is 0 Å². The monoisotopic (exact) mass is 233 g/mol. The van der Waals surface area contributed by atoms with E-state index in [2.05, 4.69) is 37.4 Å². The first-order chi connectivity index (χ1) is 8.11. The van der Waals surface area contributed by atoms with Crippen LogP contribution < -0.4 is 5.32 Å². The predicted molar refractivity (Wildman–Crippen MR) is 71.3 cm³/mol. The van der Waals surface area contributed by atoms with Gasteiger partial charge in [-0.25, -0.2) is 0 Å². The van der Waals surface area contributed by atoms with Gasteiger partial charge in [-0.3, -0.25) is 0 Å². The summed E-state index contributed by atoms with van der Waals surface area (Å²) in [6, 6.07) is 7.07. The molecule has 0 aromatic heterocycles. The van der Waals surface area contributed by atoms with E-state index in [0.29, 0.717) is 6.04 Å². The van der Waals surface area contributed by atoms with Crippen LogP contribution in [0.5, 0.6) is 0 Å². The van der Waals surface area contributed by atoms with Gasteiger partial charge in [-0.15, -0.1) is 0 Å². The molecule has 0 saturated heterocycles. The molecule has 94 valence electrons. The molecule has 1 fully saturated rings. The zero-order valence-corrected chi connectivity index (χ0v) is 11.3. The molecule has 0 bridgehead atoms. The third kappa shape index (κ3) is 2.24. The largest absolute Gasteiger partial charge is 0.376 e. The highest BCUT2D eigenvalue weighted by Crippen LogP contribution is 2.44. The number of hydrogen-bond donors (Lipinski definition) is 1. The van der Waals surface area contributed by atoms with Crippen LogP contribution in [-0.4, -0.2) is 19.8 Å². The molecule has 2 nitrogen and oxygen atoms in total. The van der Waals surface area contributed by atoms with Crippen molar-refractivity contribution >= 4 is 0 Å². The second-order valence-electron chi connectivity index (χ2n) is 5.27. The van der Waals surface area contributed by atoms with Gasteiger partial charge in [-0.1, -0.05) is 29.3 Å². The van der Waals surface area contributed by atoms with Crippen LogP contribution in [0.2, 0.25) is 0 Å². The van der Waals surface area contributed by atoms with E-state index in [-0.39, 0.29) is 5.60 Å². The number of nitrogens with one attached hydrogen (secondary N) is 1. The molecule has 0 aliphatic heterocycles. The first-order valence-corrected chi connectivity index (χ1v) is 6.42. The number of rotatable bonds is 4. The topological polar surface area (TPSA) is 21.3 Å². The lowest BCUT2D eigenvalue weighted by atomic mass is 9.72. The lowest BCUT2D eigenvalue weighted by Crippen LogP contribution is -2.49. The quantitative estimate of drug-likeness (QED) is 0.862. The summed E-state index contributed by atoms with van der Waals surface area (Å²) in [4.78, 5) is 0. The maximum atomic E-state index is 5.80. The molecule has 1 N–H and O–H groups in total. The predicted octanol–water partition coefficient (Wildman–Crippen LogP) is 3.13. The highest BCUT2D eigenvalue weighted by Gasteiger charge is 2.44. The number of aryl methyl sites for hydroxylation is 2. The van der Waals surface area contributed by atoms with E-state index in [4.69, 9.17) is 4.74 Å². The van der Waals surface area contributed by atoms with E-state index in [1.165, 1.54) is 23.1 Å². The average Bonchev–Trinajstić information content (AvgIpc) is 2.21. The van der Waals surface area contributed by atoms with Crippen LogP contribution in [0.1, 0.15) is 42.0 Å². The summed E-state index contributed by atoms with van der Waals surface area (Å²) in [6.45, 7) is 4.31. The fraction of sp³-hybridized carbons (Fsp3) is 0.600. The zero-order chi connectivity index (χ0) is 12.5. The van der Waals surface area contributed by atoms with E-state index >= 15 is 0 Å². The number of ether oxygens (including phenoxy) is 1. The Kier molecular flexibility index (Phi) is 3.55. The Labute approximate surface area is 104 Å². The zero-order valence-electron chi connectivity index (χ0n) is 11.3. The molecule has 1 aromatic rings. The molecular weight excluding hydrogens is 210 g/mol. The van der Waals surface area contributed by atoms with Crippen molar-refractivity contribution in [3.05, 3.63) is 34.9 Å². The molecule has 0 heterocycles. The van der Waals surface area contributed by atoms with Crippen LogP contribution in [0, 0.1) is 13.8 Å². The van der Waals surface area contributed by atoms with Gasteiger partial charge in [0.1, 0.15) is 0 Å². The first kappa shape index (κ1) is 12.6. The van der Waals surface area contributed by atoms with E-state index in [9.17, 15) is 0 Å². The van der Waals surface area contributed by atoms with Crippen molar-refractivity contribution in [2.24, 2.45) is 0 Å². The Hall–Kier alpha value is -0.860. The van der Waals surface area contributed by atoms with Gasteiger partial charge >= 0.3 is 0 Å². The molecule has 1 saturated carbocycles. The smallest absolute Gasteiger partial charge is 0.0872 e. The molecule has 1 aromatic carbocycles. The minimum Gasteiger partial charge on any atom is -0.376 e. The maximum absolute atomic E-state index is 5.80. The van der Waals surface area contributed by atoms with Crippen LogP contribution in [0.3, 0.4) is 0 Å². The highest BCUT2D eigenvalue weighted by atomic mass is 16.5. The molecular formula is C15H23NO. The van der Waals surface area contributed by atoms with Crippen LogP contribution in [0.4, 0.5) is 0 Å². The summed E-state index contributed by atoms with van der Waals surface area (Å²) in [5.41, 5.74) is 4.01. The second kappa shape index (κ2) is 4.79. The first-order valence-electron chi connectivity index (χ1n) is 6.42. The average molecular weight is 233 g/mol. The van der Waals surface area contributed by atoms with Gasteiger partial charge in [0.15, 0.2) is 0 Å². The van der Waals surface area contributed by atoms with Crippen LogP contribution in [0.15, 0.2) is 18.2 Å². The van der Waals surface area contributed by atoms with Crippen molar-refractivity contribution in [1.82, 2.24) is 5.32 Å². The van der Waals surface area contributed by atoms with Gasteiger partial charge in [0.05, 0.1) is 11.6 Å². The summed E-state index contributed by atoms with van der Waals surface area (Å²) in [7, 11) is 3.87. The molecule has 1 aliphatic carbocycles. The molecule has 0 amide bonds. The van der Waals surface area contributed by atoms with E-state index in [1.807, 2.05) is 14.2 Å². The van der Waals surface area contributed by atoms with Crippen LogP contribution in [0.25, 0.3) is 0 Å². The molecule has 2 rings (SSSR count). The molecule has 1 atom stereocenters. The van der Waals surface area contributed by atoms with Gasteiger partial charge in [0.25, 0.3) is 0 Å². The van der Waals surface area contributed by atoms with Crippen LogP contribution >= 0.6 is 0 Å². The van der Waals surface area contributed by atoms with Crippen molar-refractivity contribution in [2.75, 3.05) is 14.2 Å². The Morgan fingerprint density at radius 1 is 1.18 bits per heavy atom. The fourth-order valence-corrected chi connectivity index (χ4v) is 3.05. The summed E-state index contributed by atoms with van der Waals surface area (Å²) in [6.07, 6.45) is 3.58. The summed E-state index contributed by atoms with van der Waals surface area (Å²) >= 11 is 0. The van der Waals surface area contributed by atoms with Crippen molar-refractivity contribution in [1.29, 1.82) is 0 Å². The Morgan fingerprint density at radius 2 is 1.76 bits per heavy atom. The van der Waals surface area contributed by atoms with E-state index < -0.39 is 0 Å². The van der Waals surface area contributed by atoms with Crippen molar-refractivity contribution in [2.45, 2.75) is 44.8 Å². The van der Waals surface area contributed by atoms with E-state index in [1.54, 1.807) is 0 Å². The number of methoxy groups -OCH3 is 1. The second-order valence-corrected chi connectivity index (χ2v) is 5.27. The third-order valence-electron chi connectivity index (χ3n) is 4.00. The molecule has 17 heavy (non-hydrogen) atoms. The SMILES string of the molecule is CNC(c1cc(C)cc(C)c1)C1(OC)CCC1. The summed E-state index contributed by atoms with van der Waals surface area (Å²) in [5.74, 6) is 0. The minimum absolute atomic E-state index is 0.00891. The number of hydrogen-bond acceptors (Lipinski definition) is 2. The molecule has 2 heteroatoms. The van der Waals surface area contributed by atoms with Gasteiger partial charge in [0, 0.05) is 7.11 Å². The molecule has 0 radical (unpaired) electrons. The number of benzene rings is 1. The standard InChI is InChI=1S/C15H23NO/c1-11-8-12(2)10-13(9-11)14(16-3)15(17-4)6-5-7-15/h8-10,14,16H,5-7H2,1-4H3. The summed E-state index contributed by atoms with van der Waals surface area (Å²) in [5, 5.41) is 3.44. The van der Waals surface area contributed by atoms with Crippen molar-refractivity contribution in [3.63, 3.8) is 0 Å². The normalized spacial score (nSPS) is 19.8. The lowest BCUT2D eigenvalue weighted by molar-refractivity contribution is -0.0983. The van der Waals surface area contributed by atoms with E-state index in [0.717, 1.165) is 12.8 Å². The minimum atomic E-state index is 0.00891. The van der Waals surface area contributed by atoms with Gasteiger partial charge in [0.2, 0.25) is 0 Å². The van der Waals surface area contributed by atoms with Gasteiger partial charge < -0.3 is 10.1 Å². The highest BCUT2D eigenvalue weighted by molar-refractivity contribution is 5.33. The third-order valence-corrected chi connectivity index (χ3v) is 4.00.